The van der Waals surface area contributed by atoms with Crippen molar-refractivity contribution in [2.45, 2.75) is 25.9 Å². The number of hydrogen-bond donors (Lipinski definition) is 2. The highest BCUT2D eigenvalue weighted by molar-refractivity contribution is 5.39. The van der Waals surface area contributed by atoms with E-state index in [1.54, 1.807) is 0 Å². The van der Waals surface area contributed by atoms with E-state index in [-0.39, 0.29) is 0 Å². The Morgan fingerprint density at radius 2 is 2.32 bits per heavy atom. The molecule has 2 aliphatic heterocycles. The zero-order valence-electron chi connectivity index (χ0n) is 12.9. The lowest BCUT2D eigenvalue weighted by atomic mass is 9.99. The molecule has 0 spiro atoms. The minimum atomic E-state index is 0.394. The van der Waals surface area contributed by atoms with Gasteiger partial charge in [-0.1, -0.05) is 18.2 Å². The molecule has 3 heterocycles. The number of aryl methyl sites for hydroxylation is 1. The van der Waals surface area contributed by atoms with E-state index in [9.17, 15) is 0 Å². The van der Waals surface area contributed by atoms with E-state index in [0.29, 0.717) is 12.0 Å². The molecule has 2 N–H and O–H groups in total. The van der Waals surface area contributed by atoms with Gasteiger partial charge in [0.25, 0.3) is 0 Å². The lowest BCUT2D eigenvalue weighted by Gasteiger charge is -2.30. The van der Waals surface area contributed by atoms with E-state index in [4.69, 9.17) is 4.74 Å². The maximum Gasteiger partial charge on any atom is 0.124 e. The predicted molar refractivity (Wildman–Crippen MR) is 86.2 cm³/mol. The minimum absolute atomic E-state index is 0.394. The molecule has 116 valence electrons. The van der Waals surface area contributed by atoms with Crippen molar-refractivity contribution in [1.82, 2.24) is 15.1 Å². The molecule has 0 saturated heterocycles. The maximum atomic E-state index is 5.73. The molecule has 4 rings (SSSR count). The van der Waals surface area contributed by atoms with Gasteiger partial charge in [0.1, 0.15) is 11.6 Å². The summed E-state index contributed by atoms with van der Waals surface area (Å²) in [5.41, 5.74) is 2.36. The predicted octanol–water partition coefficient (Wildman–Crippen LogP) is 2.35. The van der Waals surface area contributed by atoms with Crippen LogP contribution in [0.15, 0.2) is 30.3 Å². The van der Waals surface area contributed by atoms with Gasteiger partial charge >= 0.3 is 0 Å². The van der Waals surface area contributed by atoms with Crippen molar-refractivity contribution in [3.63, 3.8) is 0 Å². The normalized spacial score (nSPS) is 23.1. The second-order valence-corrected chi connectivity index (χ2v) is 6.24. The van der Waals surface area contributed by atoms with Crippen molar-refractivity contribution >= 4 is 5.82 Å². The van der Waals surface area contributed by atoms with Gasteiger partial charge in [0.05, 0.1) is 12.3 Å². The molecule has 5 heteroatoms. The van der Waals surface area contributed by atoms with Crippen LogP contribution >= 0.6 is 0 Å². The lowest BCUT2D eigenvalue weighted by molar-refractivity contribution is 0.245. The summed E-state index contributed by atoms with van der Waals surface area (Å²) in [6.07, 6.45) is 1.03. The van der Waals surface area contributed by atoms with E-state index < -0.39 is 0 Å². The van der Waals surface area contributed by atoms with Crippen LogP contribution in [0.1, 0.15) is 23.7 Å². The first-order valence-electron chi connectivity index (χ1n) is 8.03. The van der Waals surface area contributed by atoms with Crippen molar-refractivity contribution in [3.05, 3.63) is 41.6 Å². The topological polar surface area (TPSA) is 51.1 Å². The summed E-state index contributed by atoms with van der Waals surface area (Å²) in [5, 5.41) is 11.7. The Labute approximate surface area is 130 Å². The zero-order chi connectivity index (χ0) is 14.9. The minimum Gasteiger partial charge on any atom is -0.493 e. The molecule has 0 fully saturated rings. The number of rotatable bonds is 3. The number of fused-ring (bicyclic) bond motifs is 2. The van der Waals surface area contributed by atoms with E-state index in [2.05, 4.69) is 44.7 Å². The highest BCUT2D eigenvalue weighted by Gasteiger charge is 2.24. The highest BCUT2D eigenvalue weighted by atomic mass is 16.5. The Morgan fingerprint density at radius 3 is 3.27 bits per heavy atom. The van der Waals surface area contributed by atoms with Crippen LogP contribution in [0.2, 0.25) is 0 Å². The monoisotopic (exact) mass is 298 g/mol. The number of aromatic nitrogens is 2. The summed E-state index contributed by atoms with van der Waals surface area (Å²) in [5.74, 6) is 2.73. The molecule has 1 aromatic heterocycles. The standard InChI is InChI=1S/C17H22N4O/c1-12-8-17-19-10-13(11-21(17)20-12)9-18-15-6-7-22-16-5-3-2-4-14(15)16/h2-5,8,13,15,18-19H,6-7,9-11H2,1H3/t13-,15+/m1/s1. The van der Waals surface area contributed by atoms with Crippen LogP contribution in [0.25, 0.3) is 0 Å². The van der Waals surface area contributed by atoms with Crippen molar-refractivity contribution in [1.29, 1.82) is 0 Å². The number of nitrogens with zero attached hydrogens (tertiary/aromatic N) is 2. The molecule has 0 unspecified atom stereocenters. The molecule has 0 radical (unpaired) electrons. The Balaban J connectivity index is 1.40. The fraction of sp³-hybridized carbons (Fsp3) is 0.471. The van der Waals surface area contributed by atoms with Gasteiger partial charge in [-0.2, -0.15) is 5.10 Å². The van der Waals surface area contributed by atoms with Crippen LogP contribution in [0.3, 0.4) is 0 Å². The summed E-state index contributed by atoms with van der Waals surface area (Å²) < 4.78 is 7.81. The van der Waals surface area contributed by atoms with Gasteiger partial charge in [-0.15, -0.1) is 0 Å². The Kier molecular flexibility index (Phi) is 3.50. The van der Waals surface area contributed by atoms with Gasteiger partial charge in [-0.25, -0.2) is 4.68 Å². The quantitative estimate of drug-likeness (QED) is 0.913. The number of nitrogens with one attached hydrogen (secondary N) is 2. The summed E-state index contributed by atoms with van der Waals surface area (Å²) in [7, 11) is 0. The number of benzene rings is 1. The third-order valence-corrected chi connectivity index (χ3v) is 4.52. The van der Waals surface area contributed by atoms with Gasteiger partial charge in [0, 0.05) is 49.6 Å². The molecule has 22 heavy (non-hydrogen) atoms. The van der Waals surface area contributed by atoms with E-state index in [1.807, 2.05) is 13.0 Å². The van der Waals surface area contributed by atoms with Crippen molar-refractivity contribution in [2.75, 3.05) is 25.0 Å². The molecular weight excluding hydrogens is 276 g/mol. The number of anilines is 1. The van der Waals surface area contributed by atoms with Crippen molar-refractivity contribution in [2.24, 2.45) is 5.92 Å². The summed E-state index contributed by atoms with van der Waals surface area (Å²) in [4.78, 5) is 0. The Bertz CT molecular complexity index is 666. The first-order valence-corrected chi connectivity index (χ1v) is 8.03. The van der Waals surface area contributed by atoms with E-state index in [0.717, 1.165) is 49.9 Å². The number of hydrogen-bond acceptors (Lipinski definition) is 4. The average Bonchev–Trinajstić information content (AvgIpc) is 2.92. The van der Waals surface area contributed by atoms with Gasteiger partial charge < -0.3 is 15.4 Å². The molecule has 0 saturated carbocycles. The van der Waals surface area contributed by atoms with Crippen molar-refractivity contribution < 1.29 is 4.74 Å². The summed E-state index contributed by atoms with van der Waals surface area (Å²) in [6.45, 7) is 5.81. The Hall–Kier alpha value is -2.01. The number of para-hydroxylation sites is 1. The summed E-state index contributed by atoms with van der Waals surface area (Å²) in [6, 6.07) is 10.9. The molecule has 2 aromatic rings. The van der Waals surface area contributed by atoms with Gasteiger partial charge in [-0.05, 0) is 13.0 Å². The second-order valence-electron chi connectivity index (χ2n) is 6.24. The average molecular weight is 298 g/mol. The fourth-order valence-electron chi connectivity index (χ4n) is 3.38. The van der Waals surface area contributed by atoms with Crippen molar-refractivity contribution in [3.8, 4) is 5.75 Å². The smallest absolute Gasteiger partial charge is 0.124 e. The van der Waals surface area contributed by atoms with Crippen LogP contribution in [0.5, 0.6) is 5.75 Å². The first-order chi connectivity index (χ1) is 10.8. The van der Waals surface area contributed by atoms with E-state index >= 15 is 0 Å². The van der Waals surface area contributed by atoms with Crippen LogP contribution in [-0.2, 0) is 6.54 Å². The molecule has 2 aliphatic rings. The van der Waals surface area contributed by atoms with Gasteiger partial charge in [0.15, 0.2) is 0 Å². The maximum absolute atomic E-state index is 5.73. The first kappa shape index (κ1) is 13.6. The second kappa shape index (κ2) is 5.65. The molecule has 1 aromatic carbocycles. The Morgan fingerprint density at radius 1 is 1.41 bits per heavy atom. The third kappa shape index (κ3) is 2.57. The molecular formula is C17H22N4O. The largest absolute Gasteiger partial charge is 0.493 e. The third-order valence-electron chi connectivity index (χ3n) is 4.52. The van der Waals surface area contributed by atoms with Gasteiger partial charge in [0.2, 0.25) is 0 Å². The van der Waals surface area contributed by atoms with Crippen LogP contribution in [0.4, 0.5) is 5.82 Å². The molecule has 0 amide bonds. The zero-order valence-corrected chi connectivity index (χ0v) is 12.9. The van der Waals surface area contributed by atoms with E-state index in [1.165, 1.54) is 5.56 Å². The summed E-state index contributed by atoms with van der Waals surface area (Å²) >= 11 is 0. The molecule has 0 aliphatic carbocycles. The number of ether oxygens (including phenoxy) is 1. The molecule has 2 atom stereocenters. The SMILES string of the molecule is Cc1cc2n(n1)C[C@H](CN[C@H]1CCOc3ccccc31)CN2. The van der Waals surface area contributed by atoms with Crippen LogP contribution < -0.4 is 15.4 Å². The molecule has 5 nitrogen and oxygen atoms in total. The van der Waals surface area contributed by atoms with Gasteiger partial charge in [-0.3, -0.25) is 0 Å². The highest BCUT2D eigenvalue weighted by Crippen LogP contribution is 2.31. The molecule has 0 bridgehead atoms. The van der Waals surface area contributed by atoms with Crippen LogP contribution in [-0.4, -0.2) is 29.5 Å². The fourth-order valence-corrected chi connectivity index (χ4v) is 3.38. The van der Waals surface area contributed by atoms with Crippen LogP contribution in [0, 0.1) is 12.8 Å². The lowest BCUT2D eigenvalue weighted by Crippen LogP contribution is -2.37.